The molecular weight excluding hydrogens is 363 g/mol. The minimum Gasteiger partial charge on any atom is -0.399 e. The van der Waals surface area contributed by atoms with Crippen molar-refractivity contribution in [1.29, 1.82) is 0 Å². The molecule has 0 unspecified atom stereocenters. The zero-order valence-electron chi connectivity index (χ0n) is 15.6. The van der Waals surface area contributed by atoms with Crippen LogP contribution in [0.1, 0.15) is 63.9 Å². The Balaban J connectivity index is 1.79. The molecule has 1 nitrogen and oxygen atoms in total. The van der Waals surface area contributed by atoms with Crippen LogP contribution in [0.25, 0.3) is 0 Å². The molecule has 0 radical (unpaired) electrons. The van der Waals surface area contributed by atoms with Crippen LogP contribution in [0, 0.1) is 23.5 Å². The molecule has 2 rings (SSSR count). The van der Waals surface area contributed by atoms with Crippen LogP contribution in [0.15, 0.2) is 24.3 Å². The van der Waals surface area contributed by atoms with Gasteiger partial charge in [-0.3, -0.25) is 0 Å². The number of allylic oxidation sites excluding steroid dienone is 2. The van der Waals surface area contributed by atoms with Gasteiger partial charge in [-0.1, -0.05) is 44.3 Å². The maximum Gasteiger partial charge on any atom is 0.573 e. The van der Waals surface area contributed by atoms with Crippen LogP contribution in [0.5, 0.6) is 5.75 Å². The second-order valence-electron chi connectivity index (χ2n) is 7.36. The van der Waals surface area contributed by atoms with E-state index in [-0.39, 0.29) is 0 Å². The van der Waals surface area contributed by atoms with Gasteiger partial charge in [-0.2, -0.15) is 0 Å². The first-order valence-corrected chi connectivity index (χ1v) is 9.63. The molecule has 0 saturated heterocycles. The van der Waals surface area contributed by atoms with Crippen LogP contribution in [-0.2, 0) is 6.42 Å². The SMILES string of the molecule is CC=CCCCC1CCC(CCc2cc(F)c(OC(F)(F)F)c(F)c2)CC1. The number of halogens is 5. The maximum atomic E-state index is 13.8. The topological polar surface area (TPSA) is 9.23 Å². The van der Waals surface area contributed by atoms with Gasteiger partial charge in [0, 0.05) is 0 Å². The van der Waals surface area contributed by atoms with Crippen molar-refractivity contribution in [3.63, 3.8) is 0 Å². The molecule has 1 aromatic rings. The zero-order valence-corrected chi connectivity index (χ0v) is 15.6. The van der Waals surface area contributed by atoms with Crippen molar-refractivity contribution in [2.75, 3.05) is 0 Å². The number of unbranched alkanes of at least 4 members (excludes halogenated alkanes) is 1. The summed E-state index contributed by atoms with van der Waals surface area (Å²) >= 11 is 0. The van der Waals surface area contributed by atoms with Crippen LogP contribution in [0.4, 0.5) is 22.0 Å². The van der Waals surface area contributed by atoms with E-state index >= 15 is 0 Å². The van der Waals surface area contributed by atoms with E-state index < -0.39 is 23.7 Å². The third-order valence-corrected chi connectivity index (χ3v) is 5.30. The Morgan fingerprint density at radius 2 is 1.56 bits per heavy atom. The number of hydrogen-bond acceptors (Lipinski definition) is 1. The lowest BCUT2D eigenvalue weighted by Gasteiger charge is -2.28. The lowest BCUT2D eigenvalue weighted by Crippen LogP contribution is -2.19. The van der Waals surface area contributed by atoms with E-state index in [4.69, 9.17) is 0 Å². The molecular formula is C21H27F5O. The molecule has 152 valence electrons. The molecule has 0 bridgehead atoms. The normalized spacial score (nSPS) is 21.0. The van der Waals surface area contributed by atoms with Crippen molar-refractivity contribution in [3.8, 4) is 5.75 Å². The zero-order chi connectivity index (χ0) is 19.9. The molecule has 0 N–H and O–H groups in total. The van der Waals surface area contributed by atoms with Crippen molar-refractivity contribution in [2.45, 2.75) is 71.1 Å². The Hall–Kier alpha value is -1.59. The van der Waals surface area contributed by atoms with E-state index in [1.165, 1.54) is 25.7 Å². The summed E-state index contributed by atoms with van der Waals surface area (Å²) in [4.78, 5) is 0. The first-order valence-electron chi connectivity index (χ1n) is 9.63. The first kappa shape index (κ1) is 21.7. The Bertz CT molecular complexity index is 592. The minimum atomic E-state index is -5.12. The Morgan fingerprint density at radius 1 is 1.00 bits per heavy atom. The molecule has 1 aliphatic rings. The minimum absolute atomic E-state index is 0.369. The first-order chi connectivity index (χ1) is 12.8. The van der Waals surface area contributed by atoms with Crippen LogP contribution >= 0.6 is 0 Å². The van der Waals surface area contributed by atoms with Gasteiger partial charge in [0.05, 0.1) is 0 Å². The summed E-state index contributed by atoms with van der Waals surface area (Å²) in [5.74, 6) is -2.74. The van der Waals surface area contributed by atoms with Crippen LogP contribution in [0.2, 0.25) is 0 Å². The smallest absolute Gasteiger partial charge is 0.399 e. The highest BCUT2D eigenvalue weighted by Crippen LogP contribution is 2.35. The average molecular weight is 390 g/mol. The van der Waals surface area contributed by atoms with Crippen LogP contribution in [-0.4, -0.2) is 6.36 Å². The molecule has 1 aromatic carbocycles. The molecule has 0 aliphatic heterocycles. The highest BCUT2D eigenvalue weighted by atomic mass is 19.4. The van der Waals surface area contributed by atoms with Gasteiger partial charge in [-0.15, -0.1) is 13.2 Å². The molecule has 1 saturated carbocycles. The second-order valence-corrected chi connectivity index (χ2v) is 7.36. The number of rotatable bonds is 8. The van der Waals surface area contributed by atoms with Gasteiger partial charge in [0.25, 0.3) is 0 Å². The third-order valence-electron chi connectivity index (χ3n) is 5.30. The van der Waals surface area contributed by atoms with Gasteiger partial charge in [0.1, 0.15) is 0 Å². The van der Waals surface area contributed by atoms with Crippen molar-refractivity contribution >= 4 is 0 Å². The number of ether oxygens (including phenoxy) is 1. The third kappa shape index (κ3) is 7.51. The van der Waals surface area contributed by atoms with E-state index in [0.717, 1.165) is 43.7 Å². The van der Waals surface area contributed by atoms with Gasteiger partial charge in [0.15, 0.2) is 11.6 Å². The summed E-state index contributed by atoms with van der Waals surface area (Å²) in [7, 11) is 0. The number of hydrogen-bond donors (Lipinski definition) is 0. The van der Waals surface area contributed by atoms with Crippen molar-refractivity contribution in [2.24, 2.45) is 11.8 Å². The molecule has 1 fully saturated rings. The second kappa shape index (κ2) is 10.1. The van der Waals surface area contributed by atoms with Crippen LogP contribution in [0.3, 0.4) is 0 Å². The lowest BCUT2D eigenvalue weighted by atomic mass is 9.78. The fourth-order valence-electron chi connectivity index (χ4n) is 3.84. The summed E-state index contributed by atoms with van der Waals surface area (Å²) in [6.45, 7) is 2.03. The standard InChI is InChI=1S/C21H27F5O/c1-2-3-4-5-6-15-7-9-16(10-8-15)11-12-17-13-18(22)20(19(23)14-17)27-21(24,25)26/h2-3,13-16H,4-12H2,1H3. The number of aryl methyl sites for hydroxylation is 1. The molecule has 0 atom stereocenters. The maximum absolute atomic E-state index is 13.8. The number of alkyl halides is 3. The van der Waals surface area contributed by atoms with Crippen molar-refractivity contribution in [1.82, 2.24) is 0 Å². The van der Waals surface area contributed by atoms with Gasteiger partial charge in [-0.25, -0.2) is 8.78 Å². The van der Waals surface area contributed by atoms with E-state index in [1.54, 1.807) is 0 Å². The monoisotopic (exact) mass is 390 g/mol. The summed E-state index contributed by atoms with van der Waals surface area (Å²) < 4.78 is 67.5. The highest BCUT2D eigenvalue weighted by molar-refractivity contribution is 5.31. The van der Waals surface area contributed by atoms with Gasteiger partial charge in [0.2, 0.25) is 5.75 Å². The van der Waals surface area contributed by atoms with E-state index in [0.29, 0.717) is 17.9 Å². The lowest BCUT2D eigenvalue weighted by molar-refractivity contribution is -0.276. The highest BCUT2D eigenvalue weighted by Gasteiger charge is 2.34. The summed E-state index contributed by atoms with van der Waals surface area (Å²) in [5, 5.41) is 0. The molecule has 0 aromatic heterocycles. The van der Waals surface area contributed by atoms with Gasteiger partial charge < -0.3 is 4.74 Å². The summed E-state index contributed by atoms with van der Waals surface area (Å²) in [6, 6.07) is 1.88. The van der Waals surface area contributed by atoms with E-state index in [1.807, 2.05) is 6.92 Å². The fourth-order valence-corrected chi connectivity index (χ4v) is 3.84. The van der Waals surface area contributed by atoms with Crippen molar-refractivity contribution < 1.29 is 26.7 Å². The van der Waals surface area contributed by atoms with Gasteiger partial charge in [-0.05, 0) is 62.1 Å². The Labute approximate surface area is 157 Å². The number of benzene rings is 1. The summed E-state index contributed by atoms with van der Waals surface area (Å²) in [6.07, 6.45) is 8.56. The predicted molar refractivity (Wildman–Crippen MR) is 95.5 cm³/mol. The largest absolute Gasteiger partial charge is 0.573 e. The molecule has 6 heteroatoms. The Morgan fingerprint density at radius 3 is 2.07 bits per heavy atom. The quantitative estimate of drug-likeness (QED) is 0.256. The molecule has 0 spiro atoms. The fraction of sp³-hybridized carbons (Fsp3) is 0.619. The van der Waals surface area contributed by atoms with Crippen LogP contribution < -0.4 is 4.74 Å². The molecule has 1 aliphatic carbocycles. The van der Waals surface area contributed by atoms with E-state index in [2.05, 4.69) is 16.9 Å². The van der Waals surface area contributed by atoms with Gasteiger partial charge >= 0.3 is 6.36 Å². The predicted octanol–water partition coefficient (Wildman–Crippen LogP) is 7.35. The van der Waals surface area contributed by atoms with E-state index in [9.17, 15) is 22.0 Å². The molecule has 0 heterocycles. The molecule has 27 heavy (non-hydrogen) atoms. The molecule has 0 amide bonds. The average Bonchev–Trinajstić information content (AvgIpc) is 2.60. The Kier molecular flexibility index (Phi) is 8.11. The summed E-state index contributed by atoms with van der Waals surface area (Å²) in [5.41, 5.74) is 0.369. The van der Waals surface area contributed by atoms with Crippen molar-refractivity contribution in [3.05, 3.63) is 41.5 Å².